The van der Waals surface area contributed by atoms with E-state index in [-0.39, 0.29) is 0 Å². The fraction of sp³-hybridized carbons (Fsp3) is 0.895. The molecule has 0 spiro atoms. The average molecular weight is 299 g/mol. The molecule has 0 aromatic rings. The van der Waals surface area contributed by atoms with Crippen LogP contribution in [0.5, 0.6) is 0 Å². The van der Waals surface area contributed by atoms with Crippen LogP contribution in [0.15, 0.2) is 11.5 Å². The van der Waals surface area contributed by atoms with Crippen LogP contribution in [0.2, 0.25) is 0 Å². The summed E-state index contributed by atoms with van der Waals surface area (Å²) in [7, 11) is 0. The third-order valence-corrected chi connectivity index (χ3v) is 4.83. The summed E-state index contributed by atoms with van der Waals surface area (Å²) < 4.78 is 0. The molecule has 0 amide bonds. The second-order valence-corrected chi connectivity index (χ2v) is 7.54. The Morgan fingerprint density at radius 2 is 1.00 bits per heavy atom. The summed E-state index contributed by atoms with van der Waals surface area (Å²) in [5.41, 5.74) is 0. The summed E-state index contributed by atoms with van der Waals surface area (Å²) in [5, 5.41) is 0. The van der Waals surface area contributed by atoms with Crippen molar-refractivity contribution in [2.75, 3.05) is 5.75 Å². The fourth-order valence-electron chi connectivity index (χ4n) is 2.54. The molecule has 0 aliphatic rings. The predicted molar refractivity (Wildman–Crippen MR) is 97.6 cm³/mol. The second-order valence-electron chi connectivity index (χ2n) is 6.15. The summed E-state index contributed by atoms with van der Waals surface area (Å²) in [6.07, 6.45) is 20.2. The first-order valence-corrected chi connectivity index (χ1v) is 10.0. The van der Waals surface area contributed by atoms with Crippen molar-refractivity contribution in [2.24, 2.45) is 0 Å². The van der Waals surface area contributed by atoms with Crippen molar-refractivity contribution < 1.29 is 0 Å². The van der Waals surface area contributed by atoms with E-state index in [1.54, 1.807) is 0 Å². The number of rotatable bonds is 16. The molecule has 1 heteroatoms. The molecule has 120 valence electrons. The molecule has 0 saturated heterocycles. The van der Waals surface area contributed by atoms with Gasteiger partial charge in [0.2, 0.25) is 0 Å². The van der Waals surface area contributed by atoms with Crippen LogP contribution >= 0.6 is 11.8 Å². The molecular formula is C19H38S. The summed E-state index contributed by atoms with van der Waals surface area (Å²) in [5.74, 6) is 1.27. The summed E-state index contributed by atoms with van der Waals surface area (Å²) in [6, 6.07) is 0. The third kappa shape index (κ3) is 18.1. The van der Waals surface area contributed by atoms with Crippen molar-refractivity contribution in [2.45, 2.75) is 104 Å². The molecule has 0 rings (SSSR count). The van der Waals surface area contributed by atoms with Gasteiger partial charge < -0.3 is 0 Å². The molecule has 0 aliphatic heterocycles. The monoisotopic (exact) mass is 298 g/mol. The number of thioether (sulfide) groups is 1. The highest BCUT2D eigenvalue weighted by Crippen LogP contribution is 2.16. The van der Waals surface area contributed by atoms with Gasteiger partial charge in [0.05, 0.1) is 0 Å². The van der Waals surface area contributed by atoms with Crippen molar-refractivity contribution in [3.8, 4) is 0 Å². The van der Waals surface area contributed by atoms with E-state index in [2.05, 4.69) is 20.4 Å². The first-order chi connectivity index (χ1) is 9.77. The van der Waals surface area contributed by atoms with Crippen LogP contribution in [0.25, 0.3) is 0 Å². The molecule has 20 heavy (non-hydrogen) atoms. The van der Waals surface area contributed by atoms with E-state index in [0.29, 0.717) is 0 Å². The van der Waals surface area contributed by atoms with E-state index in [9.17, 15) is 0 Å². The van der Waals surface area contributed by atoms with Gasteiger partial charge in [-0.2, -0.15) is 0 Å². The van der Waals surface area contributed by atoms with Gasteiger partial charge >= 0.3 is 0 Å². The minimum atomic E-state index is 1.26. The number of unbranched alkanes of at least 4 members (excludes halogenated alkanes) is 13. The quantitative estimate of drug-likeness (QED) is 0.263. The average Bonchev–Trinajstić information content (AvgIpc) is 2.43. The van der Waals surface area contributed by atoms with E-state index in [4.69, 9.17) is 0 Å². The van der Waals surface area contributed by atoms with Crippen LogP contribution in [0.4, 0.5) is 0 Å². The Hall–Kier alpha value is 0.0900. The Balaban J connectivity index is 2.94. The topological polar surface area (TPSA) is 0 Å². The maximum atomic E-state index is 3.92. The van der Waals surface area contributed by atoms with Crippen LogP contribution in [-0.2, 0) is 0 Å². The van der Waals surface area contributed by atoms with Gasteiger partial charge in [0.1, 0.15) is 0 Å². The molecule has 0 aromatic heterocycles. The summed E-state index contributed by atoms with van der Waals surface area (Å²) in [4.78, 5) is 1.26. The van der Waals surface area contributed by atoms with Gasteiger partial charge in [0.15, 0.2) is 0 Å². The zero-order valence-electron chi connectivity index (χ0n) is 14.2. The van der Waals surface area contributed by atoms with Crippen LogP contribution < -0.4 is 0 Å². The van der Waals surface area contributed by atoms with Crippen LogP contribution in [0.3, 0.4) is 0 Å². The molecule has 0 aromatic carbocycles. The minimum absolute atomic E-state index is 1.26. The van der Waals surface area contributed by atoms with E-state index in [1.165, 1.54) is 101 Å². The molecule has 0 N–H and O–H groups in total. The van der Waals surface area contributed by atoms with Crippen LogP contribution in [0.1, 0.15) is 104 Å². The molecule has 0 unspecified atom stereocenters. The lowest BCUT2D eigenvalue weighted by Crippen LogP contribution is -1.84. The number of hydrogen-bond donors (Lipinski definition) is 0. The van der Waals surface area contributed by atoms with E-state index < -0.39 is 0 Å². The lowest BCUT2D eigenvalue weighted by Gasteiger charge is -2.03. The van der Waals surface area contributed by atoms with Crippen molar-refractivity contribution in [3.05, 3.63) is 11.5 Å². The smallest absolute Gasteiger partial charge is 0.00236 e. The molecule has 0 aliphatic carbocycles. The van der Waals surface area contributed by atoms with E-state index in [0.717, 1.165) is 0 Å². The molecule has 0 radical (unpaired) electrons. The minimum Gasteiger partial charge on any atom is -0.132 e. The fourth-order valence-corrected chi connectivity index (χ4v) is 3.24. The zero-order chi connectivity index (χ0) is 14.9. The summed E-state index contributed by atoms with van der Waals surface area (Å²) >= 11 is 1.92. The molecule has 0 heterocycles. The Kier molecular flexibility index (Phi) is 17.2. The van der Waals surface area contributed by atoms with Gasteiger partial charge in [-0.15, -0.1) is 11.8 Å². The maximum absolute atomic E-state index is 3.92. The second kappa shape index (κ2) is 17.1. The Bertz CT molecular complexity index is 198. The maximum Gasteiger partial charge on any atom is -0.00236 e. The largest absolute Gasteiger partial charge is 0.132 e. The van der Waals surface area contributed by atoms with Gasteiger partial charge in [-0.3, -0.25) is 0 Å². The van der Waals surface area contributed by atoms with Crippen molar-refractivity contribution in [3.63, 3.8) is 0 Å². The van der Waals surface area contributed by atoms with Gasteiger partial charge in [-0.05, 0) is 24.0 Å². The molecule has 0 atom stereocenters. The highest BCUT2D eigenvalue weighted by molar-refractivity contribution is 8.03. The predicted octanol–water partition coefficient (Wildman–Crippen LogP) is 7.73. The van der Waals surface area contributed by atoms with Gasteiger partial charge in [-0.1, -0.05) is 97.0 Å². The van der Waals surface area contributed by atoms with E-state index >= 15 is 0 Å². The zero-order valence-corrected chi connectivity index (χ0v) is 15.0. The van der Waals surface area contributed by atoms with Crippen molar-refractivity contribution >= 4 is 11.8 Å². The highest BCUT2D eigenvalue weighted by Gasteiger charge is 1.94. The highest BCUT2D eigenvalue weighted by atomic mass is 32.2. The molecular weight excluding hydrogens is 260 g/mol. The third-order valence-electron chi connectivity index (χ3n) is 3.85. The van der Waals surface area contributed by atoms with E-state index in [1.807, 2.05) is 11.8 Å². The Morgan fingerprint density at radius 3 is 1.35 bits per heavy atom. The van der Waals surface area contributed by atoms with Crippen molar-refractivity contribution in [1.82, 2.24) is 0 Å². The lowest BCUT2D eigenvalue weighted by molar-refractivity contribution is 0.538. The van der Waals surface area contributed by atoms with Gasteiger partial charge in [0, 0.05) is 0 Å². The molecule has 0 fully saturated rings. The first-order valence-electron chi connectivity index (χ1n) is 9.05. The first kappa shape index (κ1) is 20.1. The Labute approximate surface area is 133 Å². The van der Waals surface area contributed by atoms with Crippen molar-refractivity contribution in [1.29, 1.82) is 0 Å². The Morgan fingerprint density at radius 1 is 0.650 bits per heavy atom. The number of allylic oxidation sites excluding steroid dienone is 1. The number of hydrogen-bond acceptors (Lipinski definition) is 1. The summed E-state index contributed by atoms with van der Waals surface area (Å²) in [6.45, 7) is 8.32. The van der Waals surface area contributed by atoms with Crippen LogP contribution in [-0.4, -0.2) is 5.75 Å². The lowest BCUT2D eigenvalue weighted by atomic mass is 10.0. The molecule has 0 saturated carbocycles. The van der Waals surface area contributed by atoms with Gasteiger partial charge in [0.25, 0.3) is 0 Å². The molecule has 0 nitrogen and oxygen atoms in total. The molecule has 0 bridgehead atoms. The van der Waals surface area contributed by atoms with Crippen LogP contribution in [0, 0.1) is 0 Å². The normalized spacial score (nSPS) is 10.9. The van der Waals surface area contributed by atoms with Gasteiger partial charge in [-0.25, -0.2) is 0 Å². The standard InChI is InChI=1S/C19H38S/c1-4-5-6-7-8-9-10-11-12-13-14-15-16-17-18-20-19(2)3/h2,4-18H2,1,3H3. The SMILES string of the molecule is C=C(C)SCCCCCCCCCCCCCCCC.